The van der Waals surface area contributed by atoms with Gasteiger partial charge in [0.2, 0.25) is 0 Å². The molecule has 44 heavy (non-hydrogen) atoms. The molecule has 0 bridgehead atoms. The van der Waals surface area contributed by atoms with Crippen molar-refractivity contribution in [3.8, 4) is 23.0 Å². The van der Waals surface area contributed by atoms with Crippen LogP contribution in [0.3, 0.4) is 0 Å². The number of fused-ring (bicyclic) bond motifs is 1. The molecule has 4 nitrogen and oxygen atoms in total. The predicted molar refractivity (Wildman–Crippen MR) is 177 cm³/mol. The SMILES string of the molecule is COc1ccc([C+](c2ccc(OC)cc2)c2cccc3cccc([C+](c4ccc(OC)cc4)c4ccc(OC)cc4)c23)cc1. The van der Waals surface area contributed by atoms with Gasteiger partial charge in [-0.25, -0.2) is 0 Å². The van der Waals surface area contributed by atoms with Gasteiger partial charge in [-0.15, -0.1) is 0 Å². The van der Waals surface area contributed by atoms with Crippen LogP contribution in [0.25, 0.3) is 10.8 Å². The molecule has 0 radical (unpaired) electrons. The average molecular weight is 579 g/mol. The van der Waals surface area contributed by atoms with Crippen molar-refractivity contribution in [1.29, 1.82) is 0 Å². The van der Waals surface area contributed by atoms with Crippen LogP contribution >= 0.6 is 0 Å². The van der Waals surface area contributed by atoms with Gasteiger partial charge in [0.05, 0.1) is 79.0 Å². The molecule has 0 heterocycles. The van der Waals surface area contributed by atoms with Gasteiger partial charge in [-0.1, -0.05) is 0 Å². The van der Waals surface area contributed by atoms with E-state index < -0.39 is 0 Å². The first-order valence-electron chi connectivity index (χ1n) is 14.5. The van der Waals surface area contributed by atoms with E-state index in [4.69, 9.17) is 18.9 Å². The summed E-state index contributed by atoms with van der Waals surface area (Å²) in [6.45, 7) is 0. The fourth-order valence-electron chi connectivity index (χ4n) is 5.74. The van der Waals surface area contributed by atoms with E-state index in [0.29, 0.717) is 0 Å². The number of hydrogen-bond donors (Lipinski definition) is 0. The summed E-state index contributed by atoms with van der Waals surface area (Å²) in [4.78, 5) is 0. The Morgan fingerprint density at radius 3 is 0.864 bits per heavy atom. The minimum absolute atomic E-state index is 0.816. The predicted octanol–water partition coefficient (Wildman–Crippen LogP) is 8.91. The standard InChI is InChI=1S/C40H34O4/c1-41-32-19-11-28(12-20-32)38(29-13-21-33(42-2)22-14-29)36-9-5-7-27-8-6-10-37(40(27)36)39(30-15-23-34(43-3)24-16-30)31-17-25-35(44-4)26-18-31/h5-26H,1-4H3/q+2. The van der Waals surface area contributed by atoms with Crippen molar-refractivity contribution >= 4 is 10.8 Å². The maximum Gasteiger partial charge on any atom is 0.129 e. The van der Waals surface area contributed by atoms with Crippen LogP contribution in [0.1, 0.15) is 33.4 Å². The van der Waals surface area contributed by atoms with E-state index in [1.54, 1.807) is 28.4 Å². The van der Waals surface area contributed by atoms with Crippen LogP contribution in [0.4, 0.5) is 0 Å². The third-order valence-corrected chi connectivity index (χ3v) is 7.96. The monoisotopic (exact) mass is 578 g/mol. The van der Waals surface area contributed by atoms with Gasteiger partial charge in [-0.2, -0.15) is 0 Å². The minimum Gasteiger partial charge on any atom is -0.496 e. The van der Waals surface area contributed by atoms with Crippen LogP contribution < -0.4 is 18.9 Å². The van der Waals surface area contributed by atoms with Gasteiger partial charge in [-0.3, -0.25) is 0 Å². The highest BCUT2D eigenvalue weighted by atomic mass is 16.5. The normalized spacial score (nSPS) is 10.7. The molecule has 0 saturated heterocycles. The van der Waals surface area contributed by atoms with E-state index in [-0.39, 0.29) is 0 Å². The Balaban J connectivity index is 1.62. The number of benzene rings is 6. The zero-order valence-electron chi connectivity index (χ0n) is 25.3. The molecule has 6 aromatic carbocycles. The number of hydrogen-bond acceptors (Lipinski definition) is 4. The molecule has 0 N–H and O–H groups in total. The van der Waals surface area contributed by atoms with Crippen molar-refractivity contribution in [1.82, 2.24) is 0 Å². The lowest BCUT2D eigenvalue weighted by molar-refractivity contribution is 0.414. The molecule has 0 aromatic heterocycles. The molecule has 0 fully saturated rings. The average Bonchev–Trinajstić information content (AvgIpc) is 3.10. The molecule has 0 amide bonds. The van der Waals surface area contributed by atoms with Crippen LogP contribution in [-0.4, -0.2) is 28.4 Å². The first-order chi connectivity index (χ1) is 21.6. The van der Waals surface area contributed by atoms with E-state index in [1.165, 1.54) is 5.39 Å². The molecular formula is C40H34O4+2. The molecule has 0 saturated carbocycles. The third-order valence-electron chi connectivity index (χ3n) is 7.96. The number of ether oxygens (including phenoxy) is 4. The summed E-state index contributed by atoms with van der Waals surface area (Å²) in [5.74, 6) is 5.51. The second-order valence-electron chi connectivity index (χ2n) is 10.4. The highest BCUT2D eigenvalue weighted by Gasteiger charge is 2.31. The number of rotatable bonds is 10. The van der Waals surface area contributed by atoms with E-state index in [1.807, 2.05) is 48.5 Å². The Labute approximate surface area is 259 Å². The first kappa shape index (κ1) is 28.6. The maximum atomic E-state index is 5.50. The van der Waals surface area contributed by atoms with Crippen molar-refractivity contribution in [2.45, 2.75) is 0 Å². The smallest absolute Gasteiger partial charge is 0.129 e. The lowest BCUT2D eigenvalue weighted by Crippen LogP contribution is -2.10. The van der Waals surface area contributed by atoms with Crippen LogP contribution in [0.5, 0.6) is 23.0 Å². The van der Waals surface area contributed by atoms with Gasteiger partial charge in [0.25, 0.3) is 0 Å². The van der Waals surface area contributed by atoms with E-state index in [2.05, 4.69) is 84.9 Å². The lowest BCUT2D eigenvalue weighted by atomic mass is 9.77. The van der Waals surface area contributed by atoms with Crippen LogP contribution in [-0.2, 0) is 0 Å². The van der Waals surface area contributed by atoms with Crippen LogP contribution in [0.15, 0.2) is 133 Å². The Hall–Kier alpha value is -5.48. The number of methoxy groups -OCH3 is 4. The summed E-state index contributed by atoms with van der Waals surface area (Å²) >= 11 is 0. The fraction of sp³-hybridized carbons (Fsp3) is 0.100. The zero-order valence-corrected chi connectivity index (χ0v) is 25.3. The molecule has 0 aliphatic rings. The van der Waals surface area contributed by atoms with E-state index in [9.17, 15) is 0 Å². The Morgan fingerprint density at radius 1 is 0.341 bits per heavy atom. The second-order valence-corrected chi connectivity index (χ2v) is 10.4. The Morgan fingerprint density at radius 2 is 0.614 bits per heavy atom. The Kier molecular flexibility index (Phi) is 8.33. The highest BCUT2D eigenvalue weighted by molar-refractivity contribution is 5.95. The molecule has 0 unspecified atom stereocenters. The van der Waals surface area contributed by atoms with Gasteiger partial charge in [-0.05, 0) is 84.9 Å². The molecule has 216 valence electrons. The van der Waals surface area contributed by atoms with Gasteiger partial charge in [0, 0.05) is 53.9 Å². The highest BCUT2D eigenvalue weighted by Crippen LogP contribution is 2.42. The van der Waals surface area contributed by atoms with Crippen molar-refractivity contribution in [2.75, 3.05) is 28.4 Å². The summed E-state index contributed by atoms with van der Waals surface area (Å²) in [5, 5.41) is 2.32. The van der Waals surface area contributed by atoms with Gasteiger partial charge < -0.3 is 18.9 Å². The molecule has 0 spiro atoms. The van der Waals surface area contributed by atoms with Gasteiger partial charge in [0.1, 0.15) is 23.0 Å². The van der Waals surface area contributed by atoms with Gasteiger partial charge in [0.15, 0.2) is 0 Å². The molecule has 6 aromatic rings. The summed E-state index contributed by atoms with van der Waals surface area (Å²) in [5.41, 5.74) is 6.63. The lowest BCUT2D eigenvalue weighted by Gasteiger charge is -2.20. The van der Waals surface area contributed by atoms with Crippen molar-refractivity contribution in [3.05, 3.63) is 179 Å². The minimum atomic E-state index is 0.816. The Bertz CT molecular complexity index is 1600. The molecule has 0 aliphatic heterocycles. The summed E-state index contributed by atoms with van der Waals surface area (Å²) in [6.07, 6.45) is 0. The topological polar surface area (TPSA) is 36.9 Å². The molecule has 0 atom stereocenters. The molecule has 6 rings (SSSR count). The van der Waals surface area contributed by atoms with E-state index >= 15 is 0 Å². The second kappa shape index (κ2) is 12.8. The summed E-state index contributed by atoms with van der Waals surface area (Å²) < 4.78 is 22.0. The van der Waals surface area contributed by atoms with Crippen molar-refractivity contribution in [2.24, 2.45) is 0 Å². The molecular weight excluding hydrogens is 544 g/mol. The molecule has 0 aliphatic carbocycles. The van der Waals surface area contributed by atoms with Crippen LogP contribution in [0, 0.1) is 11.8 Å². The van der Waals surface area contributed by atoms with E-state index in [0.717, 1.165) is 73.6 Å². The first-order valence-corrected chi connectivity index (χ1v) is 14.5. The summed E-state index contributed by atoms with van der Waals surface area (Å²) in [6, 6.07) is 46.1. The third kappa shape index (κ3) is 5.62. The fourth-order valence-corrected chi connectivity index (χ4v) is 5.74. The van der Waals surface area contributed by atoms with Crippen molar-refractivity contribution in [3.63, 3.8) is 0 Å². The zero-order chi connectivity index (χ0) is 30.5. The summed E-state index contributed by atoms with van der Waals surface area (Å²) in [7, 11) is 6.76. The molecule has 4 heteroatoms. The quantitative estimate of drug-likeness (QED) is 0.120. The van der Waals surface area contributed by atoms with Crippen LogP contribution in [0.2, 0.25) is 0 Å². The maximum absolute atomic E-state index is 5.50. The van der Waals surface area contributed by atoms with Gasteiger partial charge >= 0.3 is 0 Å². The van der Waals surface area contributed by atoms with Crippen molar-refractivity contribution < 1.29 is 18.9 Å². The largest absolute Gasteiger partial charge is 0.496 e.